The van der Waals surface area contributed by atoms with Gasteiger partial charge in [-0.25, -0.2) is 4.98 Å². The van der Waals surface area contributed by atoms with Crippen molar-refractivity contribution in [3.8, 4) is 5.88 Å². The van der Waals surface area contributed by atoms with Crippen LogP contribution >= 0.6 is 11.6 Å². The number of hydrogen-bond donors (Lipinski definition) is 0. The smallest absolute Gasteiger partial charge is 0.259 e. The van der Waals surface area contributed by atoms with E-state index in [4.69, 9.17) is 16.3 Å². The lowest BCUT2D eigenvalue weighted by atomic mass is 9.99. The van der Waals surface area contributed by atoms with Crippen molar-refractivity contribution in [1.29, 1.82) is 0 Å². The number of pyridine rings is 1. The zero-order valence-electron chi connectivity index (χ0n) is 10.4. The van der Waals surface area contributed by atoms with Crippen molar-refractivity contribution < 1.29 is 9.53 Å². The highest BCUT2D eigenvalue weighted by Crippen LogP contribution is 2.22. The molecule has 0 spiro atoms. The molecule has 1 aliphatic heterocycles. The van der Waals surface area contributed by atoms with Gasteiger partial charge in [0.25, 0.3) is 5.91 Å². The molecule has 1 atom stereocenters. The summed E-state index contributed by atoms with van der Waals surface area (Å²) in [5.74, 6) is 1.37. The fourth-order valence-corrected chi connectivity index (χ4v) is 2.51. The average Bonchev–Trinajstić information content (AvgIpc) is 2.46. The van der Waals surface area contributed by atoms with Crippen LogP contribution in [0.3, 0.4) is 0 Å². The summed E-state index contributed by atoms with van der Waals surface area (Å²) in [6.07, 6.45) is 3.72. The minimum absolute atomic E-state index is 0.0187. The molecule has 0 N–H and O–H groups in total. The highest BCUT2D eigenvalue weighted by molar-refractivity contribution is 6.18. The summed E-state index contributed by atoms with van der Waals surface area (Å²) in [5.41, 5.74) is 0.523. The van der Waals surface area contributed by atoms with Crippen LogP contribution in [-0.2, 0) is 0 Å². The van der Waals surface area contributed by atoms with Crippen LogP contribution in [0, 0.1) is 5.92 Å². The number of likely N-dealkylation sites (tertiary alicyclic amines) is 1. The number of rotatable bonds is 3. The highest BCUT2D eigenvalue weighted by atomic mass is 35.5. The number of alkyl halides is 1. The van der Waals surface area contributed by atoms with E-state index in [9.17, 15) is 4.79 Å². The van der Waals surface area contributed by atoms with Gasteiger partial charge in [0.1, 0.15) is 5.56 Å². The van der Waals surface area contributed by atoms with Crippen LogP contribution in [0.4, 0.5) is 0 Å². The molecule has 1 fully saturated rings. The first-order chi connectivity index (χ1) is 8.76. The van der Waals surface area contributed by atoms with Crippen LogP contribution in [0.5, 0.6) is 5.88 Å². The van der Waals surface area contributed by atoms with Crippen molar-refractivity contribution in [3.63, 3.8) is 0 Å². The minimum atomic E-state index is -0.0187. The van der Waals surface area contributed by atoms with Gasteiger partial charge in [0.2, 0.25) is 5.88 Å². The van der Waals surface area contributed by atoms with E-state index in [1.807, 2.05) is 4.90 Å². The second-order valence-corrected chi connectivity index (χ2v) is 4.78. The summed E-state index contributed by atoms with van der Waals surface area (Å²) in [6, 6.07) is 3.50. The molecule has 2 rings (SSSR count). The molecule has 1 unspecified atom stereocenters. The van der Waals surface area contributed by atoms with Crippen LogP contribution in [0.15, 0.2) is 18.3 Å². The SMILES string of the molecule is COc1ncccc1C(=O)N1CCCC(CCl)C1. The van der Waals surface area contributed by atoms with Gasteiger partial charge in [-0.15, -0.1) is 11.6 Å². The van der Waals surface area contributed by atoms with Crippen LogP contribution in [0.2, 0.25) is 0 Å². The molecule has 98 valence electrons. The van der Waals surface area contributed by atoms with Gasteiger partial charge in [-0.2, -0.15) is 0 Å². The Morgan fingerprint density at radius 1 is 1.67 bits per heavy atom. The molecule has 0 radical (unpaired) electrons. The molecule has 1 aliphatic rings. The molecule has 1 saturated heterocycles. The zero-order chi connectivity index (χ0) is 13.0. The molecule has 0 saturated carbocycles. The van der Waals surface area contributed by atoms with E-state index < -0.39 is 0 Å². The normalized spacial score (nSPS) is 19.7. The van der Waals surface area contributed by atoms with Gasteiger partial charge in [-0.05, 0) is 30.9 Å². The number of amides is 1. The lowest BCUT2D eigenvalue weighted by molar-refractivity contribution is 0.0680. The summed E-state index contributed by atoms with van der Waals surface area (Å²) in [7, 11) is 1.52. The monoisotopic (exact) mass is 268 g/mol. The van der Waals surface area contributed by atoms with E-state index in [0.717, 1.165) is 25.9 Å². The van der Waals surface area contributed by atoms with E-state index >= 15 is 0 Å². The number of nitrogens with zero attached hydrogens (tertiary/aromatic N) is 2. The largest absolute Gasteiger partial charge is 0.480 e. The predicted molar refractivity (Wildman–Crippen MR) is 70.1 cm³/mol. The van der Waals surface area contributed by atoms with E-state index in [0.29, 0.717) is 23.2 Å². The number of piperidine rings is 1. The Bertz CT molecular complexity index is 425. The van der Waals surface area contributed by atoms with Crippen molar-refractivity contribution in [3.05, 3.63) is 23.9 Å². The molecule has 2 heterocycles. The van der Waals surface area contributed by atoms with E-state index in [2.05, 4.69) is 4.98 Å². The molecule has 0 aliphatic carbocycles. The first kappa shape index (κ1) is 13.1. The standard InChI is InChI=1S/C13H17ClN2O2/c1-18-12-11(5-2-6-15-12)13(17)16-7-3-4-10(8-14)9-16/h2,5-6,10H,3-4,7-9H2,1H3. The molecule has 0 bridgehead atoms. The topological polar surface area (TPSA) is 42.4 Å². The van der Waals surface area contributed by atoms with Gasteiger partial charge in [0, 0.05) is 25.2 Å². The summed E-state index contributed by atoms with van der Waals surface area (Å²) < 4.78 is 5.13. The molecule has 1 aromatic heterocycles. The maximum absolute atomic E-state index is 12.4. The van der Waals surface area contributed by atoms with Gasteiger partial charge in [-0.1, -0.05) is 0 Å². The molecule has 0 aromatic carbocycles. The number of hydrogen-bond acceptors (Lipinski definition) is 3. The van der Waals surface area contributed by atoms with Crippen LogP contribution in [0.25, 0.3) is 0 Å². The molecule has 4 nitrogen and oxygen atoms in total. The van der Waals surface area contributed by atoms with Crippen molar-refractivity contribution in [1.82, 2.24) is 9.88 Å². The number of ether oxygens (including phenoxy) is 1. The number of carbonyl (C=O) groups excluding carboxylic acids is 1. The predicted octanol–water partition coefficient (Wildman–Crippen LogP) is 2.18. The van der Waals surface area contributed by atoms with Crippen LogP contribution in [0.1, 0.15) is 23.2 Å². The van der Waals surface area contributed by atoms with Crippen molar-refractivity contribution in [2.45, 2.75) is 12.8 Å². The van der Waals surface area contributed by atoms with Crippen LogP contribution in [-0.4, -0.2) is 41.9 Å². The highest BCUT2D eigenvalue weighted by Gasteiger charge is 2.25. The fourth-order valence-electron chi connectivity index (χ4n) is 2.26. The maximum Gasteiger partial charge on any atom is 0.259 e. The van der Waals surface area contributed by atoms with Gasteiger partial charge in [-0.3, -0.25) is 4.79 Å². The van der Waals surface area contributed by atoms with Gasteiger partial charge < -0.3 is 9.64 Å². The van der Waals surface area contributed by atoms with E-state index in [1.54, 1.807) is 18.3 Å². The number of halogens is 1. The minimum Gasteiger partial charge on any atom is -0.480 e. The summed E-state index contributed by atoms with van der Waals surface area (Å²) >= 11 is 5.88. The van der Waals surface area contributed by atoms with Crippen LogP contribution < -0.4 is 4.74 Å². The first-order valence-corrected chi connectivity index (χ1v) is 6.64. The third-order valence-corrected chi connectivity index (χ3v) is 3.66. The second kappa shape index (κ2) is 6.05. The molecular weight excluding hydrogens is 252 g/mol. The van der Waals surface area contributed by atoms with Crippen molar-refractivity contribution in [2.75, 3.05) is 26.1 Å². The Kier molecular flexibility index (Phi) is 4.42. The number of aromatic nitrogens is 1. The second-order valence-electron chi connectivity index (χ2n) is 4.47. The van der Waals surface area contributed by atoms with Crippen molar-refractivity contribution in [2.24, 2.45) is 5.92 Å². The van der Waals surface area contributed by atoms with Gasteiger partial charge in [0.05, 0.1) is 7.11 Å². The first-order valence-electron chi connectivity index (χ1n) is 6.10. The average molecular weight is 269 g/mol. The lowest BCUT2D eigenvalue weighted by Gasteiger charge is -2.32. The van der Waals surface area contributed by atoms with Crippen molar-refractivity contribution >= 4 is 17.5 Å². The third-order valence-electron chi connectivity index (χ3n) is 3.22. The summed E-state index contributed by atoms with van der Waals surface area (Å²) in [5, 5.41) is 0. The summed E-state index contributed by atoms with van der Waals surface area (Å²) in [4.78, 5) is 18.3. The fraction of sp³-hybridized carbons (Fsp3) is 0.538. The number of carbonyl (C=O) groups is 1. The Hall–Kier alpha value is -1.29. The third kappa shape index (κ3) is 2.75. The molecule has 5 heteroatoms. The lowest BCUT2D eigenvalue weighted by Crippen LogP contribution is -2.40. The summed E-state index contributed by atoms with van der Waals surface area (Å²) in [6.45, 7) is 1.50. The Morgan fingerprint density at radius 3 is 3.22 bits per heavy atom. The van der Waals surface area contributed by atoms with Gasteiger partial charge in [0.15, 0.2) is 0 Å². The van der Waals surface area contributed by atoms with E-state index in [-0.39, 0.29) is 5.91 Å². The molecule has 1 amide bonds. The maximum atomic E-state index is 12.4. The molecule has 18 heavy (non-hydrogen) atoms. The van der Waals surface area contributed by atoms with Gasteiger partial charge >= 0.3 is 0 Å². The quantitative estimate of drug-likeness (QED) is 0.789. The number of methoxy groups -OCH3 is 1. The van der Waals surface area contributed by atoms with E-state index in [1.165, 1.54) is 7.11 Å². The Labute approximate surface area is 112 Å². The Balaban J connectivity index is 2.15. The zero-order valence-corrected chi connectivity index (χ0v) is 11.2. The molecular formula is C13H17ClN2O2. The molecule has 1 aromatic rings. The Morgan fingerprint density at radius 2 is 2.50 bits per heavy atom.